The van der Waals surface area contributed by atoms with E-state index in [0.717, 1.165) is 45.1 Å². The lowest BCUT2D eigenvalue weighted by atomic mass is 10.0. The van der Waals surface area contributed by atoms with Crippen molar-refractivity contribution in [3.63, 3.8) is 0 Å². The number of carbonyl (C=O) groups excluding carboxylic acids is 2. The molecule has 0 heterocycles. The fourth-order valence-corrected chi connectivity index (χ4v) is 5.48. The van der Waals surface area contributed by atoms with E-state index in [4.69, 9.17) is 37.9 Å². The molecule has 1 atom stereocenters. The molecule has 0 radical (unpaired) electrons. The molecule has 14 heteroatoms. The van der Waals surface area contributed by atoms with Crippen molar-refractivity contribution in [2.75, 3.05) is 33.1 Å². The highest BCUT2D eigenvalue weighted by atomic mass is 31.2. The molecule has 0 aromatic heterocycles. The average Bonchev–Trinajstić information content (AvgIpc) is 3.07. The van der Waals surface area contributed by atoms with E-state index in [1.165, 1.54) is 22.6 Å². The number of aldehydes is 1. The van der Waals surface area contributed by atoms with E-state index in [1.807, 2.05) is 6.07 Å². The van der Waals surface area contributed by atoms with Crippen molar-refractivity contribution in [3.05, 3.63) is 65.2 Å². The van der Waals surface area contributed by atoms with E-state index in [1.54, 1.807) is 68.4 Å². The van der Waals surface area contributed by atoms with Crippen molar-refractivity contribution in [3.8, 4) is 5.75 Å². The number of ether oxygens (including phenoxy) is 3. The fourth-order valence-electron chi connectivity index (χ4n) is 4.56. The number of carbonyl (C=O) groups is 2. The number of aliphatic hydroxyl groups excluding tert-OH is 1. The molecule has 53 heavy (non-hydrogen) atoms. The van der Waals surface area contributed by atoms with Gasteiger partial charge in [0, 0.05) is 19.8 Å². The second kappa shape index (κ2) is 22.5. The molecule has 2 aromatic carbocycles. The first-order valence-electron chi connectivity index (χ1n) is 18.3. The summed E-state index contributed by atoms with van der Waals surface area (Å²) in [4.78, 5) is 36.8. The molecular weight excluding hydrogens is 705 g/mol. The Kier molecular flexibility index (Phi) is 19.6. The number of nitrogens with zero attached hydrogens (tertiary/aromatic N) is 1. The van der Waals surface area contributed by atoms with E-state index in [2.05, 4.69) is 24.3 Å². The smallest absolute Gasteiger partial charge is 0.466 e. The lowest BCUT2D eigenvalue weighted by Crippen LogP contribution is -2.39. The number of rotatable bonds is 24. The van der Waals surface area contributed by atoms with Crippen molar-refractivity contribution in [2.45, 2.75) is 130 Å². The van der Waals surface area contributed by atoms with Gasteiger partial charge in [0.15, 0.2) is 6.29 Å². The molecule has 0 unspecified atom stereocenters. The SMILES string of the molecule is CC(C)(C)OOP(=O)(OCOc1ccc([C@H](O)CN(CCCCCCOCCCCc2ccccc2)C(=O)OC(C)(C)C)cc1C=O)OOC(C)(C)C. The topological polar surface area (TPSA) is 149 Å². The van der Waals surface area contributed by atoms with Gasteiger partial charge in [0.05, 0.1) is 29.4 Å². The highest BCUT2D eigenvalue weighted by Crippen LogP contribution is 2.51. The number of phosphoric acid groups is 1. The predicted molar refractivity (Wildman–Crippen MR) is 201 cm³/mol. The first-order chi connectivity index (χ1) is 24.8. The molecule has 13 nitrogen and oxygen atoms in total. The molecular formula is C39H62NO12P. The van der Waals surface area contributed by atoms with Gasteiger partial charge < -0.3 is 24.2 Å². The lowest BCUT2D eigenvalue weighted by Gasteiger charge is -2.29. The quantitative estimate of drug-likeness (QED) is 0.0271. The first-order valence-corrected chi connectivity index (χ1v) is 19.7. The summed E-state index contributed by atoms with van der Waals surface area (Å²) in [6, 6.07) is 14.9. The van der Waals surface area contributed by atoms with Crippen LogP contribution in [0.4, 0.5) is 4.79 Å². The van der Waals surface area contributed by atoms with Gasteiger partial charge in [-0.25, -0.2) is 23.7 Å². The normalized spacial score (nSPS) is 13.1. The van der Waals surface area contributed by atoms with Gasteiger partial charge in [-0.3, -0.25) is 4.79 Å². The number of aryl methyl sites for hydroxylation is 1. The molecule has 0 saturated heterocycles. The molecule has 0 aliphatic carbocycles. The van der Waals surface area contributed by atoms with Crippen molar-refractivity contribution in [1.29, 1.82) is 0 Å². The van der Waals surface area contributed by atoms with Crippen LogP contribution in [0.25, 0.3) is 0 Å². The van der Waals surface area contributed by atoms with Gasteiger partial charge in [-0.1, -0.05) is 49.2 Å². The second-order valence-electron chi connectivity index (χ2n) is 15.7. The van der Waals surface area contributed by atoms with Crippen LogP contribution in [0.2, 0.25) is 0 Å². The third-order valence-electron chi connectivity index (χ3n) is 7.09. The van der Waals surface area contributed by atoms with Crippen LogP contribution in [-0.4, -0.2) is 72.3 Å². The summed E-state index contributed by atoms with van der Waals surface area (Å²) < 4.78 is 45.2. The second-order valence-corrected chi connectivity index (χ2v) is 17.2. The van der Waals surface area contributed by atoms with E-state index in [-0.39, 0.29) is 17.9 Å². The summed E-state index contributed by atoms with van der Waals surface area (Å²) in [5, 5.41) is 11.2. The Bertz CT molecular complexity index is 1380. The number of benzene rings is 2. The maximum Gasteiger partial charge on any atom is 0.532 e. The van der Waals surface area contributed by atoms with E-state index in [0.29, 0.717) is 31.4 Å². The summed E-state index contributed by atoms with van der Waals surface area (Å²) in [6.45, 7) is 16.5. The van der Waals surface area contributed by atoms with Crippen molar-refractivity contribution < 1.29 is 57.1 Å². The zero-order valence-electron chi connectivity index (χ0n) is 33.1. The summed E-state index contributed by atoms with van der Waals surface area (Å²) in [5.74, 6) is 0.0798. The Hall–Kier alpha value is -2.87. The summed E-state index contributed by atoms with van der Waals surface area (Å²) in [7, 11) is -4.42. The molecule has 0 aliphatic heterocycles. The predicted octanol–water partition coefficient (Wildman–Crippen LogP) is 9.32. The van der Waals surface area contributed by atoms with Crippen LogP contribution in [0.3, 0.4) is 0 Å². The lowest BCUT2D eigenvalue weighted by molar-refractivity contribution is -0.339. The Morgan fingerprint density at radius 1 is 0.811 bits per heavy atom. The van der Waals surface area contributed by atoms with Crippen molar-refractivity contribution in [1.82, 2.24) is 4.90 Å². The van der Waals surface area contributed by atoms with Gasteiger partial charge in [0.2, 0.25) is 6.79 Å². The van der Waals surface area contributed by atoms with Crippen molar-refractivity contribution >= 4 is 20.2 Å². The van der Waals surface area contributed by atoms with Gasteiger partial charge in [0.1, 0.15) is 11.4 Å². The van der Waals surface area contributed by atoms with E-state index >= 15 is 0 Å². The molecule has 2 rings (SSSR count). The third kappa shape index (κ3) is 21.0. The molecule has 2 aromatic rings. The van der Waals surface area contributed by atoms with Gasteiger partial charge in [-0.2, -0.15) is 0 Å². The molecule has 0 saturated carbocycles. The molecule has 1 N–H and O–H groups in total. The number of amides is 1. The number of aliphatic hydroxyl groups is 1. The van der Waals surface area contributed by atoms with Crippen LogP contribution in [0.5, 0.6) is 5.75 Å². The molecule has 1 amide bonds. The molecule has 0 fully saturated rings. The highest BCUT2D eigenvalue weighted by Gasteiger charge is 2.35. The zero-order valence-corrected chi connectivity index (χ0v) is 34.0. The molecule has 0 spiro atoms. The fraction of sp³-hybridized carbons (Fsp3) is 0.641. The van der Waals surface area contributed by atoms with Gasteiger partial charge in [-0.05, 0) is 118 Å². The van der Waals surface area contributed by atoms with Gasteiger partial charge in [-0.15, -0.1) is 9.35 Å². The monoisotopic (exact) mass is 767 g/mol. The van der Waals surface area contributed by atoms with Crippen LogP contribution < -0.4 is 4.74 Å². The van der Waals surface area contributed by atoms with E-state index < -0.39 is 43.6 Å². The third-order valence-corrected chi connectivity index (χ3v) is 8.02. The maximum atomic E-state index is 13.1. The Balaban J connectivity index is 1.90. The van der Waals surface area contributed by atoms with E-state index in [9.17, 15) is 19.3 Å². The number of unbranched alkanes of at least 4 members (excludes halogenated alkanes) is 4. The summed E-state index contributed by atoms with van der Waals surface area (Å²) in [5.41, 5.74) is -0.597. The van der Waals surface area contributed by atoms with Crippen molar-refractivity contribution in [2.24, 2.45) is 0 Å². The van der Waals surface area contributed by atoms with Crippen LogP contribution in [0, 0.1) is 0 Å². The zero-order chi connectivity index (χ0) is 39.5. The molecule has 0 aliphatic rings. The Morgan fingerprint density at radius 3 is 2.00 bits per heavy atom. The summed E-state index contributed by atoms with van der Waals surface area (Å²) >= 11 is 0. The minimum Gasteiger partial charge on any atom is -0.466 e. The van der Waals surface area contributed by atoms with Gasteiger partial charge >= 0.3 is 13.9 Å². The minimum atomic E-state index is -4.42. The standard InChI is InChI=1S/C39H62NO12P/c1-37(2,3)48-36(43)40(24-16-10-11-17-25-45-26-18-15-21-31-19-13-12-14-20-31)28-34(42)32-22-23-35(33(27-32)29-41)46-30-47-53(44,51-49-38(4,5)6)52-50-39(7,8)9/h12-14,19-20,22-23,27,29,34,42H,10-11,15-18,21,24-26,28,30H2,1-9H3/t34-/m1/s1. The minimum absolute atomic E-state index is 0.0535. The largest absolute Gasteiger partial charge is 0.532 e. The van der Waals surface area contributed by atoms with Crippen LogP contribution >= 0.6 is 7.82 Å². The Labute approximate surface area is 316 Å². The summed E-state index contributed by atoms with van der Waals surface area (Å²) in [6.07, 6.45) is 5.52. The molecule has 0 bridgehead atoms. The van der Waals surface area contributed by atoms with Crippen LogP contribution in [0.1, 0.15) is 128 Å². The average molecular weight is 768 g/mol. The highest BCUT2D eigenvalue weighted by molar-refractivity contribution is 7.48. The van der Waals surface area contributed by atoms with Crippen LogP contribution in [-0.2, 0) is 44.1 Å². The first kappa shape index (κ1) is 46.3. The van der Waals surface area contributed by atoms with Gasteiger partial charge in [0.25, 0.3) is 0 Å². The Morgan fingerprint density at radius 2 is 1.42 bits per heavy atom. The molecule has 300 valence electrons. The maximum absolute atomic E-state index is 13.1. The van der Waals surface area contributed by atoms with Crippen LogP contribution in [0.15, 0.2) is 48.5 Å². The number of hydrogen-bond donors (Lipinski definition) is 1. The number of hydrogen-bond acceptors (Lipinski definition) is 12.